The number of carbonyl (C=O) groups excluding carboxylic acids is 1. The van der Waals surface area contributed by atoms with Crippen molar-refractivity contribution in [1.29, 1.82) is 0 Å². The van der Waals surface area contributed by atoms with Gasteiger partial charge in [-0.2, -0.15) is 0 Å². The Hall–Kier alpha value is -1.36. The molecule has 0 bridgehead atoms. The van der Waals surface area contributed by atoms with E-state index in [2.05, 4.69) is 21.2 Å². The fourth-order valence-electron chi connectivity index (χ4n) is 1.65. The van der Waals surface area contributed by atoms with Crippen LogP contribution in [-0.4, -0.2) is 5.91 Å². The summed E-state index contributed by atoms with van der Waals surface area (Å²) in [5.41, 5.74) is 7.78. The van der Waals surface area contributed by atoms with E-state index in [1.165, 1.54) is 0 Å². The maximum Gasteiger partial charge on any atom is 0.256 e. The lowest BCUT2D eigenvalue weighted by Gasteiger charge is -2.08. The highest BCUT2D eigenvalue weighted by atomic mass is 79.9. The molecule has 2 rings (SSSR count). The molecular weight excluding hydrogens is 328 g/mol. The number of anilines is 1. The highest BCUT2D eigenvalue weighted by Gasteiger charge is 2.10. The molecule has 0 aliphatic carbocycles. The second-order valence-electron chi connectivity index (χ2n) is 3.98. The molecule has 19 heavy (non-hydrogen) atoms. The first kappa shape index (κ1) is 14.1. The second kappa shape index (κ2) is 6.19. The van der Waals surface area contributed by atoms with Crippen molar-refractivity contribution in [2.24, 2.45) is 5.73 Å². The van der Waals surface area contributed by atoms with E-state index in [9.17, 15) is 4.79 Å². The normalized spacial score (nSPS) is 10.3. The summed E-state index contributed by atoms with van der Waals surface area (Å²) in [6.45, 7) is 0.439. The van der Waals surface area contributed by atoms with Crippen LogP contribution in [-0.2, 0) is 6.54 Å². The highest BCUT2D eigenvalue weighted by molar-refractivity contribution is 9.10. The van der Waals surface area contributed by atoms with Crippen LogP contribution in [0.15, 0.2) is 46.9 Å². The lowest BCUT2D eigenvalue weighted by molar-refractivity contribution is 0.102. The van der Waals surface area contributed by atoms with Crippen molar-refractivity contribution in [2.75, 3.05) is 5.32 Å². The van der Waals surface area contributed by atoms with E-state index in [1.807, 2.05) is 24.3 Å². The van der Waals surface area contributed by atoms with Crippen molar-refractivity contribution >= 4 is 39.1 Å². The van der Waals surface area contributed by atoms with E-state index in [4.69, 9.17) is 17.3 Å². The Labute approximate surface area is 124 Å². The smallest absolute Gasteiger partial charge is 0.256 e. The molecule has 0 fully saturated rings. The molecule has 0 heterocycles. The Kier molecular flexibility index (Phi) is 4.58. The van der Waals surface area contributed by atoms with Gasteiger partial charge in [-0.1, -0.05) is 23.7 Å². The second-order valence-corrected chi connectivity index (χ2v) is 5.27. The quantitative estimate of drug-likeness (QED) is 0.893. The van der Waals surface area contributed by atoms with Gasteiger partial charge < -0.3 is 11.1 Å². The zero-order valence-corrected chi connectivity index (χ0v) is 12.3. The third kappa shape index (κ3) is 3.56. The number of nitrogens with two attached hydrogens (primary N) is 1. The summed E-state index contributed by atoms with van der Waals surface area (Å²) in [7, 11) is 0. The molecule has 3 N–H and O–H groups in total. The topological polar surface area (TPSA) is 55.1 Å². The van der Waals surface area contributed by atoms with Crippen LogP contribution < -0.4 is 11.1 Å². The number of hydrogen-bond donors (Lipinski definition) is 2. The molecule has 0 spiro atoms. The first-order valence-electron chi connectivity index (χ1n) is 5.65. The molecule has 0 unspecified atom stereocenters. The van der Waals surface area contributed by atoms with Gasteiger partial charge in [0.2, 0.25) is 0 Å². The number of amides is 1. The summed E-state index contributed by atoms with van der Waals surface area (Å²) in [6.07, 6.45) is 0. The predicted octanol–water partition coefficient (Wildman–Crippen LogP) is 3.81. The molecule has 2 aromatic carbocycles. The summed E-state index contributed by atoms with van der Waals surface area (Å²) in [5, 5.41) is 3.40. The van der Waals surface area contributed by atoms with Crippen molar-refractivity contribution in [3.8, 4) is 0 Å². The standard InChI is InChI=1S/C14H12BrClN2O/c15-13-7-10(16)4-5-12(13)14(19)18-11-3-1-2-9(6-11)8-17/h1-7H,8,17H2,(H,18,19). The van der Waals surface area contributed by atoms with E-state index >= 15 is 0 Å². The maximum absolute atomic E-state index is 12.1. The SMILES string of the molecule is NCc1cccc(NC(=O)c2ccc(Cl)cc2Br)c1. The average Bonchev–Trinajstić information content (AvgIpc) is 2.38. The summed E-state index contributed by atoms with van der Waals surface area (Å²) in [4.78, 5) is 12.1. The third-order valence-corrected chi connectivity index (χ3v) is 3.49. The summed E-state index contributed by atoms with van der Waals surface area (Å²) in [6, 6.07) is 12.5. The molecular formula is C14H12BrClN2O. The molecule has 0 saturated carbocycles. The van der Waals surface area contributed by atoms with Gasteiger partial charge in [0.15, 0.2) is 0 Å². The zero-order valence-electron chi connectivity index (χ0n) is 9.99. The molecule has 5 heteroatoms. The van der Waals surface area contributed by atoms with Crippen LogP contribution in [0.4, 0.5) is 5.69 Å². The van der Waals surface area contributed by atoms with Crippen molar-refractivity contribution < 1.29 is 4.79 Å². The number of hydrogen-bond acceptors (Lipinski definition) is 2. The third-order valence-electron chi connectivity index (χ3n) is 2.60. The number of nitrogens with one attached hydrogen (secondary N) is 1. The summed E-state index contributed by atoms with van der Waals surface area (Å²) < 4.78 is 0.660. The van der Waals surface area contributed by atoms with E-state index < -0.39 is 0 Å². The predicted molar refractivity (Wildman–Crippen MR) is 81.4 cm³/mol. The molecule has 0 aromatic heterocycles. The van der Waals surface area contributed by atoms with Crippen LogP contribution in [0.3, 0.4) is 0 Å². The van der Waals surface area contributed by atoms with Crippen molar-refractivity contribution in [3.63, 3.8) is 0 Å². The molecule has 0 atom stereocenters. The Balaban J connectivity index is 2.20. The first-order chi connectivity index (χ1) is 9.10. The number of benzene rings is 2. The molecule has 1 amide bonds. The van der Waals surface area contributed by atoms with Crippen LogP contribution in [0.1, 0.15) is 15.9 Å². The van der Waals surface area contributed by atoms with Crippen LogP contribution in [0, 0.1) is 0 Å². The van der Waals surface area contributed by atoms with Crippen LogP contribution in [0.2, 0.25) is 5.02 Å². The highest BCUT2D eigenvalue weighted by Crippen LogP contribution is 2.22. The van der Waals surface area contributed by atoms with Crippen LogP contribution >= 0.6 is 27.5 Å². The lowest BCUT2D eigenvalue weighted by Crippen LogP contribution is -2.12. The van der Waals surface area contributed by atoms with Crippen LogP contribution in [0.5, 0.6) is 0 Å². The minimum absolute atomic E-state index is 0.197. The molecule has 0 saturated heterocycles. The molecule has 0 aliphatic rings. The van der Waals surface area contributed by atoms with Crippen LogP contribution in [0.25, 0.3) is 0 Å². The van der Waals surface area contributed by atoms with Gasteiger partial charge in [-0.3, -0.25) is 4.79 Å². The fraction of sp³-hybridized carbons (Fsp3) is 0.0714. The van der Waals surface area contributed by atoms with Crippen molar-refractivity contribution in [2.45, 2.75) is 6.54 Å². The van der Waals surface area contributed by atoms with Gasteiger partial charge in [-0.15, -0.1) is 0 Å². The van der Waals surface area contributed by atoms with Gasteiger partial charge in [-0.25, -0.2) is 0 Å². The fourth-order valence-corrected chi connectivity index (χ4v) is 2.51. The van der Waals surface area contributed by atoms with Gasteiger partial charge in [0.25, 0.3) is 5.91 Å². The minimum Gasteiger partial charge on any atom is -0.326 e. The van der Waals surface area contributed by atoms with Gasteiger partial charge in [0, 0.05) is 21.7 Å². The summed E-state index contributed by atoms with van der Waals surface area (Å²) in [5.74, 6) is -0.197. The van der Waals surface area contributed by atoms with Gasteiger partial charge in [0.05, 0.1) is 5.56 Å². The van der Waals surface area contributed by atoms with Crippen molar-refractivity contribution in [3.05, 3.63) is 63.1 Å². The first-order valence-corrected chi connectivity index (χ1v) is 6.82. The monoisotopic (exact) mass is 338 g/mol. The van der Waals surface area contributed by atoms with Gasteiger partial charge >= 0.3 is 0 Å². The van der Waals surface area contributed by atoms with E-state index in [1.54, 1.807) is 18.2 Å². The average molecular weight is 340 g/mol. The Morgan fingerprint density at radius 1 is 1.26 bits per heavy atom. The molecule has 0 radical (unpaired) electrons. The van der Waals surface area contributed by atoms with E-state index in [0.29, 0.717) is 21.6 Å². The number of halogens is 2. The Bertz CT molecular complexity index is 616. The minimum atomic E-state index is -0.197. The lowest BCUT2D eigenvalue weighted by atomic mass is 10.1. The number of carbonyl (C=O) groups is 1. The Morgan fingerprint density at radius 3 is 2.74 bits per heavy atom. The van der Waals surface area contributed by atoms with Gasteiger partial charge in [-0.05, 0) is 51.8 Å². The zero-order chi connectivity index (χ0) is 13.8. The maximum atomic E-state index is 12.1. The van der Waals surface area contributed by atoms with Crippen molar-refractivity contribution in [1.82, 2.24) is 0 Å². The molecule has 2 aromatic rings. The molecule has 0 aliphatic heterocycles. The largest absolute Gasteiger partial charge is 0.326 e. The molecule has 98 valence electrons. The van der Waals surface area contributed by atoms with E-state index in [-0.39, 0.29) is 5.91 Å². The number of rotatable bonds is 3. The van der Waals surface area contributed by atoms with E-state index in [0.717, 1.165) is 11.3 Å². The van der Waals surface area contributed by atoms with Gasteiger partial charge in [0.1, 0.15) is 0 Å². The Morgan fingerprint density at radius 2 is 2.05 bits per heavy atom. The molecule has 3 nitrogen and oxygen atoms in total. The summed E-state index contributed by atoms with van der Waals surface area (Å²) >= 11 is 9.17.